The molecule has 0 N–H and O–H groups in total. The van der Waals surface area contributed by atoms with Crippen LogP contribution in [0.1, 0.15) is 25.0 Å². The van der Waals surface area contributed by atoms with Gasteiger partial charge in [0.15, 0.2) is 0 Å². The maximum Gasteiger partial charge on any atom is 0.414 e. The lowest BCUT2D eigenvalue weighted by atomic mass is 10.1. The molecule has 2 heterocycles. The summed E-state index contributed by atoms with van der Waals surface area (Å²) in [6.45, 7) is 3.94. The van der Waals surface area contributed by atoms with E-state index in [4.69, 9.17) is 9.15 Å². The van der Waals surface area contributed by atoms with E-state index in [1.54, 1.807) is 17.4 Å². The Kier molecular flexibility index (Phi) is 4.26. The van der Waals surface area contributed by atoms with Crippen LogP contribution >= 0.6 is 0 Å². The number of hydrogen-bond donors (Lipinski definition) is 0. The van der Waals surface area contributed by atoms with E-state index in [0.29, 0.717) is 6.61 Å². The Balaban J connectivity index is 1.73. The molecule has 1 aliphatic rings. The molecule has 1 aliphatic heterocycles. The predicted octanol–water partition coefficient (Wildman–Crippen LogP) is 3.11. The van der Waals surface area contributed by atoms with Crippen LogP contribution in [0.5, 0.6) is 0 Å². The van der Waals surface area contributed by atoms with Gasteiger partial charge in [-0.05, 0) is 25.0 Å². The molecule has 1 atom stereocenters. The molecule has 1 aromatic rings. The van der Waals surface area contributed by atoms with Crippen LogP contribution in [0.25, 0.3) is 0 Å². The predicted molar refractivity (Wildman–Crippen MR) is 66.9 cm³/mol. The second kappa shape index (κ2) is 6.12. The van der Waals surface area contributed by atoms with Crippen molar-refractivity contribution < 1.29 is 13.9 Å². The standard InChI is InChI=1S/C14H17NO3/c1-2-9-15-12(11-18-14(15)16)6-3-4-7-13-8-5-10-17-13/h5,8-10,12H,1,3-4,6-7,11H2/t12-/m1/s1. The van der Waals surface area contributed by atoms with Crippen molar-refractivity contribution >= 4 is 6.09 Å². The maximum absolute atomic E-state index is 11.4. The lowest BCUT2D eigenvalue weighted by molar-refractivity contribution is 0.166. The van der Waals surface area contributed by atoms with Crippen molar-refractivity contribution in [3.05, 3.63) is 42.7 Å². The topological polar surface area (TPSA) is 42.7 Å². The van der Waals surface area contributed by atoms with Crippen LogP contribution in [-0.2, 0) is 11.2 Å². The van der Waals surface area contributed by atoms with Gasteiger partial charge in [-0.1, -0.05) is 13.0 Å². The van der Waals surface area contributed by atoms with Crippen molar-refractivity contribution in [2.24, 2.45) is 0 Å². The van der Waals surface area contributed by atoms with Gasteiger partial charge in [0, 0.05) is 6.42 Å². The molecule has 0 saturated carbocycles. The number of ether oxygens (including phenoxy) is 1. The minimum atomic E-state index is -0.304. The molecule has 0 aliphatic carbocycles. The average molecular weight is 247 g/mol. The Hall–Kier alpha value is -1.93. The van der Waals surface area contributed by atoms with E-state index in [-0.39, 0.29) is 12.1 Å². The van der Waals surface area contributed by atoms with Crippen molar-refractivity contribution in [3.8, 4) is 0 Å². The molecule has 0 spiro atoms. The first-order chi connectivity index (χ1) is 8.81. The fourth-order valence-corrected chi connectivity index (χ4v) is 2.08. The van der Waals surface area contributed by atoms with Crippen LogP contribution in [-0.4, -0.2) is 23.6 Å². The summed E-state index contributed by atoms with van der Waals surface area (Å²) in [5.41, 5.74) is 2.62. The average Bonchev–Trinajstić information content (AvgIpc) is 2.98. The van der Waals surface area contributed by atoms with E-state index >= 15 is 0 Å². The molecule has 0 aromatic carbocycles. The van der Waals surface area contributed by atoms with Gasteiger partial charge in [0.25, 0.3) is 0 Å². The van der Waals surface area contributed by atoms with Crippen molar-refractivity contribution in [3.63, 3.8) is 0 Å². The minimum absolute atomic E-state index is 0.114. The number of cyclic esters (lactones) is 1. The van der Waals surface area contributed by atoms with Crippen molar-refractivity contribution in [2.75, 3.05) is 6.61 Å². The SMILES string of the molecule is C=C=CN1C(=O)OC[C@H]1CCCCc1ccco1. The first-order valence-corrected chi connectivity index (χ1v) is 6.14. The fourth-order valence-electron chi connectivity index (χ4n) is 2.08. The van der Waals surface area contributed by atoms with E-state index in [1.807, 2.05) is 12.1 Å². The van der Waals surface area contributed by atoms with Gasteiger partial charge >= 0.3 is 6.09 Å². The molecule has 2 rings (SSSR count). The molecule has 1 saturated heterocycles. The fraction of sp³-hybridized carbons (Fsp3) is 0.429. The van der Waals surface area contributed by atoms with E-state index < -0.39 is 0 Å². The van der Waals surface area contributed by atoms with Gasteiger partial charge in [0.05, 0.1) is 18.5 Å². The molecule has 1 fully saturated rings. The molecule has 18 heavy (non-hydrogen) atoms. The number of unbranched alkanes of at least 4 members (excludes halogenated alkanes) is 1. The van der Waals surface area contributed by atoms with Gasteiger partial charge in [-0.15, -0.1) is 5.73 Å². The summed E-state index contributed by atoms with van der Waals surface area (Å²) < 4.78 is 10.3. The highest BCUT2D eigenvalue weighted by atomic mass is 16.6. The number of carbonyl (C=O) groups is 1. The van der Waals surface area contributed by atoms with Crippen LogP contribution in [0.15, 0.2) is 41.3 Å². The molecule has 96 valence electrons. The highest BCUT2D eigenvalue weighted by molar-refractivity contribution is 5.71. The van der Waals surface area contributed by atoms with Crippen LogP contribution in [0.4, 0.5) is 4.79 Å². The molecule has 0 radical (unpaired) electrons. The summed E-state index contributed by atoms with van der Waals surface area (Å²) in [7, 11) is 0. The largest absolute Gasteiger partial charge is 0.469 e. The second-order valence-electron chi connectivity index (χ2n) is 4.30. The highest BCUT2D eigenvalue weighted by Gasteiger charge is 2.30. The Morgan fingerprint density at radius 2 is 2.44 bits per heavy atom. The maximum atomic E-state index is 11.4. The quantitative estimate of drug-likeness (QED) is 0.573. The molecule has 1 aromatic heterocycles. The van der Waals surface area contributed by atoms with Crippen molar-refractivity contribution in [1.82, 2.24) is 4.90 Å². The normalized spacial score (nSPS) is 18.6. The number of hydrogen-bond acceptors (Lipinski definition) is 3. The Morgan fingerprint density at radius 1 is 1.56 bits per heavy atom. The van der Waals surface area contributed by atoms with Gasteiger partial charge in [0.2, 0.25) is 0 Å². The highest BCUT2D eigenvalue weighted by Crippen LogP contribution is 2.18. The van der Waals surface area contributed by atoms with Crippen LogP contribution < -0.4 is 0 Å². The smallest absolute Gasteiger partial charge is 0.414 e. The van der Waals surface area contributed by atoms with Crippen LogP contribution in [0.3, 0.4) is 0 Å². The first kappa shape index (κ1) is 12.5. The van der Waals surface area contributed by atoms with E-state index in [2.05, 4.69) is 12.3 Å². The number of amides is 1. The third kappa shape index (κ3) is 3.05. The molecule has 4 heteroatoms. The molecule has 0 unspecified atom stereocenters. The second-order valence-corrected chi connectivity index (χ2v) is 4.30. The Labute approximate surface area is 107 Å². The summed E-state index contributed by atoms with van der Waals surface area (Å²) in [4.78, 5) is 13.0. The van der Waals surface area contributed by atoms with Crippen molar-refractivity contribution in [1.29, 1.82) is 0 Å². The molecular weight excluding hydrogens is 230 g/mol. The lowest BCUT2D eigenvalue weighted by Crippen LogP contribution is -2.28. The van der Waals surface area contributed by atoms with Crippen molar-refractivity contribution in [2.45, 2.75) is 31.7 Å². The summed E-state index contributed by atoms with van der Waals surface area (Å²) >= 11 is 0. The van der Waals surface area contributed by atoms with Gasteiger partial charge in [-0.25, -0.2) is 4.79 Å². The summed E-state index contributed by atoms with van der Waals surface area (Å²) in [5, 5.41) is 0. The van der Waals surface area contributed by atoms with Gasteiger partial charge < -0.3 is 9.15 Å². The van der Waals surface area contributed by atoms with E-state index in [0.717, 1.165) is 31.4 Å². The van der Waals surface area contributed by atoms with Crippen LogP contribution in [0, 0.1) is 0 Å². The zero-order chi connectivity index (χ0) is 12.8. The zero-order valence-electron chi connectivity index (χ0n) is 10.3. The molecule has 0 bridgehead atoms. The summed E-state index contributed by atoms with van der Waals surface area (Å²) in [6, 6.07) is 3.99. The first-order valence-electron chi connectivity index (χ1n) is 6.14. The number of carbonyl (C=O) groups excluding carboxylic acids is 1. The minimum Gasteiger partial charge on any atom is -0.469 e. The number of rotatable bonds is 6. The summed E-state index contributed by atoms with van der Waals surface area (Å²) in [5.74, 6) is 1.01. The van der Waals surface area contributed by atoms with Gasteiger partial charge in [-0.3, -0.25) is 4.90 Å². The molecular formula is C14H17NO3. The summed E-state index contributed by atoms with van der Waals surface area (Å²) in [6.07, 6.45) is 6.88. The van der Waals surface area contributed by atoms with Gasteiger partial charge in [-0.2, -0.15) is 0 Å². The Bertz CT molecular complexity index is 432. The molecule has 4 nitrogen and oxygen atoms in total. The Morgan fingerprint density at radius 3 is 3.17 bits per heavy atom. The van der Waals surface area contributed by atoms with E-state index in [9.17, 15) is 4.79 Å². The van der Waals surface area contributed by atoms with E-state index in [1.165, 1.54) is 0 Å². The number of nitrogens with zero attached hydrogens (tertiary/aromatic N) is 1. The third-order valence-corrected chi connectivity index (χ3v) is 3.02. The monoisotopic (exact) mass is 247 g/mol. The van der Waals surface area contributed by atoms with Gasteiger partial charge in [0.1, 0.15) is 12.4 Å². The third-order valence-electron chi connectivity index (χ3n) is 3.02. The van der Waals surface area contributed by atoms with Crippen LogP contribution in [0.2, 0.25) is 0 Å². The number of aryl methyl sites for hydroxylation is 1. The lowest BCUT2D eigenvalue weighted by Gasteiger charge is -2.15. The molecule has 1 amide bonds. The zero-order valence-corrected chi connectivity index (χ0v) is 10.3. The number of furan rings is 1.